The fraction of sp³-hybridized carbons (Fsp3) is 0.625. The Bertz CT molecular complexity index is 684. The van der Waals surface area contributed by atoms with Crippen LogP contribution in [0, 0.1) is 0 Å². The van der Waals surface area contributed by atoms with Gasteiger partial charge >= 0.3 is 5.97 Å². The monoisotopic (exact) mass is 399 g/mol. The first kappa shape index (κ1) is 23.1. The van der Waals surface area contributed by atoms with Crippen molar-refractivity contribution in [1.82, 2.24) is 15.0 Å². The number of aromatic nitrogens is 3. The molecule has 29 heavy (non-hydrogen) atoms. The highest BCUT2D eigenvalue weighted by molar-refractivity contribution is 5.77. The van der Waals surface area contributed by atoms with E-state index in [0.717, 1.165) is 24.1 Å². The number of benzene rings is 1. The predicted octanol–water partition coefficient (Wildman–Crippen LogP) is 5.89. The molecule has 1 heterocycles. The molecule has 1 aromatic carbocycles. The van der Waals surface area contributed by atoms with Crippen molar-refractivity contribution in [3.63, 3.8) is 0 Å². The van der Waals surface area contributed by atoms with Crippen molar-refractivity contribution >= 4 is 5.97 Å². The van der Waals surface area contributed by atoms with Crippen LogP contribution in [0.4, 0.5) is 0 Å². The molecule has 0 bridgehead atoms. The van der Waals surface area contributed by atoms with E-state index >= 15 is 0 Å². The van der Waals surface area contributed by atoms with Crippen LogP contribution in [0.15, 0.2) is 36.5 Å². The Balaban J connectivity index is 1.76. The van der Waals surface area contributed by atoms with Crippen LogP contribution in [0.3, 0.4) is 0 Å². The molecule has 0 aliphatic rings. The van der Waals surface area contributed by atoms with Crippen molar-refractivity contribution in [1.29, 1.82) is 0 Å². The third-order valence-corrected chi connectivity index (χ3v) is 5.20. The highest BCUT2D eigenvalue weighted by Crippen LogP contribution is 2.19. The molecule has 0 amide bonds. The number of unbranched alkanes of at least 4 members (excludes halogenated alkanes) is 9. The maximum atomic E-state index is 12.5. The van der Waals surface area contributed by atoms with Gasteiger partial charge in [0.05, 0.1) is 18.5 Å². The Kier molecular flexibility index (Phi) is 11.1. The van der Waals surface area contributed by atoms with Gasteiger partial charge in [-0.25, -0.2) is 4.79 Å². The molecule has 0 aliphatic heterocycles. The summed E-state index contributed by atoms with van der Waals surface area (Å²) in [6, 6.07) is 8.95. The van der Waals surface area contributed by atoms with Gasteiger partial charge in [-0.05, 0) is 25.3 Å². The predicted molar refractivity (Wildman–Crippen MR) is 117 cm³/mol. The Labute approximate surface area is 175 Å². The normalized spacial score (nSPS) is 12.1. The van der Waals surface area contributed by atoms with Crippen LogP contribution in [0.1, 0.15) is 95.4 Å². The first-order valence-corrected chi connectivity index (χ1v) is 11.4. The van der Waals surface area contributed by atoms with Crippen molar-refractivity contribution < 1.29 is 9.53 Å². The lowest BCUT2D eigenvalue weighted by atomic mass is 10.1. The lowest BCUT2D eigenvalue weighted by molar-refractivity contribution is -0.146. The molecule has 1 unspecified atom stereocenters. The third-order valence-electron chi connectivity index (χ3n) is 5.20. The number of carbonyl (C=O) groups excluding carboxylic acids is 1. The molecule has 0 N–H and O–H groups in total. The number of rotatable bonds is 15. The van der Waals surface area contributed by atoms with Crippen molar-refractivity contribution in [2.24, 2.45) is 0 Å². The minimum atomic E-state index is -0.627. The van der Waals surface area contributed by atoms with Gasteiger partial charge in [0.1, 0.15) is 0 Å². The molecule has 160 valence electrons. The second kappa shape index (κ2) is 13.9. The SMILES string of the molecule is CCCCCCCCCCCCc1cnn(C(C(=O)OCC)c2ccccc2)n1. The zero-order valence-electron chi connectivity index (χ0n) is 18.2. The van der Waals surface area contributed by atoms with E-state index in [2.05, 4.69) is 17.1 Å². The third kappa shape index (κ3) is 8.38. The van der Waals surface area contributed by atoms with Gasteiger partial charge in [0.2, 0.25) is 0 Å². The van der Waals surface area contributed by atoms with E-state index in [1.54, 1.807) is 6.20 Å². The summed E-state index contributed by atoms with van der Waals surface area (Å²) in [5.74, 6) is -0.320. The smallest absolute Gasteiger partial charge is 0.337 e. The quantitative estimate of drug-likeness (QED) is 0.277. The molecule has 1 aromatic heterocycles. The molecular formula is C24H37N3O2. The highest BCUT2D eigenvalue weighted by atomic mass is 16.5. The number of hydrogen-bond donors (Lipinski definition) is 0. The summed E-state index contributed by atoms with van der Waals surface area (Å²) in [6.45, 7) is 4.42. The average Bonchev–Trinajstić information content (AvgIpc) is 3.19. The van der Waals surface area contributed by atoms with Gasteiger partial charge in [-0.2, -0.15) is 15.0 Å². The molecule has 5 heteroatoms. The van der Waals surface area contributed by atoms with Crippen LogP contribution in [0.2, 0.25) is 0 Å². The zero-order valence-corrected chi connectivity index (χ0v) is 18.2. The summed E-state index contributed by atoms with van der Waals surface area (Å²) >= 11 is 0. The molecule has 2 aromatic rings. The van der Waals surface area contributed by atoms with Crippen LogP contribution < -0.4 is 0 Å². The largest absolute Gasteiger partial charge is 0.464 e. The topological polar surface area (TPSA) is 57.0 Å². The Morgan fingerprint density at radius 1 is 0.931 bits per heavy atom. The molecule has 0 radical (unpaired) electrons. The minimum Gasteiger partial charge on any atom is -0.464 e. The number of aryl methyl sites for hydroxylation is 1. The molecule has 0 fully saturated rings. The van der Waals surface area contributed by atoms with Crippen molar-refractivity contribution in [3.05, 3.63) is 47.8 Å². The van der Waals surface area contributed by atoms with Gasteiger partial charge in [-0.15, -0.1) is 0 Å². The maximum absolute atomic E-state index is 12.5. The molecule has 0 spiro atoms. The van der Waals surface area contributed by atoms with Gasteiger partial charge in [-0.3, -0.25) is 0 Å². The number of hydrogen-bond acceptors (Lipinski definition) is 4. The fourth-order valence-corrected chi connectivity index (χ4v) is 3.56. The van der Waals surface area contributed by atoms with E-state index < -0.39 is 6.04 Å². The first-order chi connectivity index (χ1) is 14.3. The van der Waals surface area contributed by atoms with Crippen LogP contribution in [-0.2, 0) is 16.0 Å². The van der Waals surface area contributed by atoms with Crippen LogP contribution >= 0.6 is 0 Å². The first-order valence-electron chi connectivity index (χ1n) is 11.4. The van der Waals surface area contributed by atoms with Gasteiger partial charge in [-0.1, -0.05) is 95.0 Å². The van der Waals surface area contributed by atoms with E-state index in [4.69, 9.17) is 4.74 Å². The fourth-order valence-electron chi connectivity index (χ4n) is 3.56. The second-order valence-corrected chi connectivity index (χ2v) is 7.65. The summed E-state index contributed by atoms with van der Waals surface area (Å²) in [6.07, 6.45) is 15.9. The Hall–Kier alpha value is -2.17. The number of nitrogens with zero attached hydrogens (tertiary/aromatic N) is 3. The molecular weight excluding hydrogens is 362 g/mol. The van der Waals surface area contributed by atoms with Crippen molar-refractivity contribution in [2.45, 2.75) is 90.5 Å². The molecule has 0 saturated carbocycles. The van der Waals surface area contributed by atoms with E-state index in [1.165, 1.54) is 62.6 Å². The summed E-state index contributed by atoms with van der Waals surface area (Å²) < 4.78 is 5.25. The molecule has 1 atom stereocenters. The van der Waals surface area contributed by atoms with Crippen molar-refractivity contribution in [3.8, 4) is 0 Å². The number of esters is 1. The maximum Gasteiger partial charge on any atom is 0.337 e. The average molecular weight is 400 g/mol. The Morgan fingerprint density at radius 3 is 2.17 bits per heavy atom. The Morgan fingerprint density at radius 2 is 1.55 bits per heavy atom. The lowest BCUT2D eigenvalue weighted by Crippen LogP contribution is -2.25. The van der Waals surface area contributed by atoms with Gasteiger partial charge in [0.15, 0.2) is 6.04 Å². The minimum absolute atomic E-state index is 0.320. The highest BCUT2D eigenvalue weighted by Gasteiger charge is 2.26. The second-order valence-electron chi connectivity index (χ2n) is 7.65. The molecule has 5 nitrogen and oxygen atoms in total. The van der Waals surface area contributed by atoms with Crippen LogP contribution in [-0.4, -0.2) is 27.6 Å². The molecule has 0 saturated heterocycles. The molecule has 0 aliphatic carbocycles. The summed E-state index contributed by atoms with van der Waals surface area (Å²) in [5, 5.41) is 8.94. The van der Waals surface area contributed by atoms with Gasteiger partial charge in [0, 0.05) is 0 Å². The summed E-state index contributed by atoms with van der Waals surface area (Å²) in [7, 11) is 0. The van der Waals surface area contributed by atoms with E-state index in [9.17, 15) is 4.79 Å². The molecule has 2 rings (SSSR count). The number of ether oxygens (including phenoxy) is 1. The van der Waals surface area contributed by atoms with Crippen LogP contribution in [0.25, 0.3) is 0 Å². The van der Waals surface area contributed by atoms with E-state index in [1.807, 2.05) is 37.3 Å². The van der Waals surface area contributed by atoms with Crippen LogP contribution in [0.5, 0.6) is 0 Å². The van der Waals surface area contributed by atoms with E-state index in [0.29, 0.717) is 6.61 Å². The summed E-state index contributed by atoms with van der Waals surface area (Å²) in [4.78, 5) is 14.0. The summed E-state index contributed by atoms with van der Waals surface area (Å²) in [5.41, 5.74) is 1.78. The standard InChI is InChI=1S/C24H37N3O2/c1-3-5-6-7-8-9-10-11-12-16-19-22-20-25-27(26-22)23(24(28)29-4-2)21-17-14-13-15-18-21/h13-15,17-18,20,23H,3-12,16,19H2,1-2H3. The zero-order chi connectivity index (χ0) is 20.7. The van der Waals surface area contributed by atoms with E-state index in [-0.39, 0.29) is 5.97 Å². The van der Waals surface area contributed by atoms with Gasteiger partial charge in [0.25, 0.3) is 0 Å². The lowest BCUT2D eigenvalue weighted by Gasteiger charge is -2.15. The van der Waals surface area contributed by atoms with Crippen molar-refractivity contribution in [2.75, 3.05) is 6.61 Å². The number of carbonyl (C=O) groups is 1. The van der Waals surface area contributed by atoms with Gasteiger partial charge < -0.3 is 4.74 Å².